The Morgan fingerprint density at radius 3 is 2.59 bits per heavy atom. The third-order valence-electron chi connectivity index (χ3n) is 5.21. The second-order valence-electron chi connectivity index (χ2n) is 8.36. The van der Waals surface area contributed by atoms with Crippen LogP contribution < -0.4 is 5.56 Å². The summed E-state index contributed by atoms with van der Waals surface area (Å²) in [4.78, 5) is 33.0. The van der Waals surface area contributed by atoms with Gasteiger partial charge in [-0.15, -0.1) is 11.3 Å². The zero-order chi connectivity index (χ0) is 20.8. The van der Waals surface area contributed by atoms with Crippen molar-refractivity contribution in [1.82, 2.24) is 9.55 Å². The summed E-state index contributed by atoms with van der Waals surface area (Å²) in [5, 5.41) is 1.91. The highest BCUT2D eigenvalue weighted by molar-refractivity contribution is 7.99. The molecule has 152 valence electrons. The van der Waals surface area contributed by atoms with E-state index in [0.29, 0.717) is 10.2 Å². The first-order valence-electron chi connectivity index (χ1n) is 9.75. The SMILES string of the molecule is CC(C)(C)C(=O)CSc1nc2sc3c(c2c(=O)n1-c1ccc(Cl)cc1)CCCC3. The molecule has 29 heavy (non-hydrogen) atoms. The number of hydrogen-bond donors (Lipinski definition) is 0. The molecule has 1 aliphatic rings. The third-order valence-corrected chi connectivity index (χ3v) is 7.59. The Hall–Kier alpha value is -1.63. The first kappa shape index (κ1) is 20.6. The van der Waals surface area contributed by atoms with Crippen molar-refractivity contribution in [2.45, 2.75) is 51.6 Å². The van der Waals surface area contributed by atoms with E-state index >= 15 is 0 Å². The van der Waals surface area contributed by atoms with Gasteiger partial charge in [-0.25, -0.2) is 4.98 Å². The topological polar surface area (TPSA) is 52.0 Å². The van der Waals surface area contributed by atoms with Gasteiger partial charge in [0.2, 0.25) is 0 Å². The minimum Gasteiger partial charge on any atom is -0.298 e. The Bertz CT molecular complexity index is 1140. The van der Waals surface area contributed by atoms with Crippen LogP contribution in [0, 0.1) is 5.41 Å². The number of ketones is 1. The van der Waals surface area contributed by atoms with Gasteiger partial charge in [-0.1, -0.05) is 44.1 Å². The van der Waals surface area contributed by atoms with Crippen molar-refractivity contribution in [2.75, 3.05) is 5.75 Å². The summed E-state index contributed by atoms with van der Waals surface area (Å²) in [7, 11) is 0. The summed E-state index contributed by atoms with van der Waals surface area (Å²) in [6, 6.07) is 7.19. The smallest absolute Gasteiger partial charge is 0.267 e. The summed E-state index contributed by atoms with van der Waals surface area (Å²) >= 11 is 9.02. The van der Waals surface area contributed by atoms with Crippen LogP contribution in [0.25, 0.3) is 15.9 Å². The highest BCUT2D eigenvalue weighted by Gasteiger charge is 2.25. The van der Waals surface area contributed by atoms with Gasteiger partial charge in [-0.05, 0) is 55.5 Å². The van der Waals surface area contributed by atoms with E-state index < -0.39 is 5.41 Å². The molecular weight excluding hydrogens is 424 g/mol. The fraction of sp³-hybridized carbons (Fsp3) is 0.409. The van der Waals surface area contributed by atoms with E-state index in [4.69, 9.17) is 16.6 Å². The van der Waals surface area contributed by atoms with Crippen molar-refractivity contribution in [2.24, 2.45) is 5.41 Å². The largest absolute Gasteiger partial charge is 0.298 e. The molecule has 0 saturated heterocycles. The van der Waals surface area contributed by atoms with Gasteiger partial charge in [-0.2, -0.15) is 0 Å². The number of aryl methyl sites for hydroxylation is 2. The summed E-state index contributed by atoms with van der Waals surface area (Å²) in [5.41, 5.74) is 1.40. The molecule has 0 spiro atoms. The predicted molar refractivity (Wildman–Crippen MR) is 122 cm³/mol. The van der Waals surface area contributed by atoms with Crippen molar-refractivity contribution < 1.29 is 4.79 Å². The lowest BCUT2D eigenvalue weighted by Crippen LogP contribution is -2.25. The van der Waals surface area contributed by atoms with Crippen LogP contribution >= 0.6 is 34.7 Å². The molecule has 0 fully saturated rings. The Balaban J connectivity index is 1.88. The third kappa shape index (κ3) is 4.03. The van der Waals surface area contributed by atoms with Crippen molar-refractivity contribution in [3.05, 3.63) is 50.1 Å². The van der Waals surface area contributed by atoms with Crippen molar-refractivity contribution in [3.8, 4) is 5.69 Å². The van der Waals surface area contributed by atoms with Crippen LogP contribution in [0.4, 0.5) is 0 Å². The van der Waals surface area contributed by atoms with Gasteiger partial charge in [0.15, 0.2) is 5.16 Å². The second kappa shape index (κ2) is 7.89. The molecule has 4 nitrogen and oxygen atoms in total. The molecule has 0 N–H and O–H groups in total. The zero-order valence-corrected chi connectivity index (χ0v) is 19.1. The van der Waals surface area contributed by atoms with Crippen LogP contribution in [0.2, 0.25) is 5.02 Å². The fourth-order valence-corrected chi connectivity index (χ4v) is 6.05. The number of carbonyl (C=O) groups excluding carboxylic acids is 1. The minimum absolute atomic E-state index is 0.0533. The number of benzene rings is 1. The van der Waals surface area contributed by atoms with Gasteiger partial charge in [-0.3, -0.25) is 14.2 Å². The van der Waals surface area contributed by atoms with Gasteiger partial charge in [0.1, 0.15) is 10.6 Å². The van der Waals surface area contributed by atoms with Gasteiger partial charge in [0.05, 0.1) is 16.8 Å². The lowest BCUT2D eigenvalue weighted by molar-refractivity contribution is -0.123. The highest BCUT2D eigenvalue weighted by atomic mass is 35.5. The van der Waals surface area contributed by atoms with Gasteiger partial charge < -0.3 is 0 Å². The molecule has 0 aliphatic heterocycles. The number of halogens is 1. The number of fused-ring (bicyclic) bond motifs is 3. The molecule has 0 radical (unpaired) electrons. The van der Waals surface area contributed by atoms with E-state index in [9.17, 15) is 9.59 Å². The average Bonchev–Trinajstić information content (AvgIpc) is 3.05. The first-order valence-corrected chi connectivity index (χ1v) is 11.9. The van der Waals surface area contributed by atoms with E-state index in [0.717, 1.165) is 41.6 Å². The summed E-state index contributed by atoms with van der Waals surface area (Å²) in [6.07, 6.45) is 4.21. The number of aromatic nitrogens is 2. The van der Waals surface area contributed by atoms with Gasteiger partial charge in [0.25, 0.3) is 5.56 Å². The Morgan fingerprint density at radius 1 is 1.21 bits per heavy atom. The maximum absolute atomic E-state index is 13.6. The fourth-order valence-electron chi connectivity index (χ4n) is 3.45. The van der Waals surface area contributed by atoms with Crippen LogP contribution in [0.5, 0.6) is 0 Å². The number of carbonyl (C=O) groups is 1. The molecule has 0 amide bonds. The number of nitrogens with zero attached hydrogens (tertiary/aromatic N) is 2. The van der Waals surface area contributed by atoms with E-state index in [-0.39, 0.29) is 17.1 Å². The lowest BCUT2D eigenvalue weighted by atomic mass is 9.92. The minimum atomic E-state index is -0.426. The monoisotopic (exact) mass is 446 g/mol. The van der Waals surface area contributed by atoms with Crippen LogP contribution in [-0.4, -0.2) is 21.1 Å². The van der Waals surface area contributed by atoms with Crippen molar-refractivity contribution >= 4 is 50.7 Å². The molecule has 0 bridgehead atoms. The highest BCUT2D eigenvalue weighted by Crippen LogP contribution is 2.35. The quantitative estimate of drug-likeness (QED) is 0.381. The Morgan fingerprint density at radius 2 is 1.90 bits per heavy atom. The molecule has 0 saturated carbocycles. The van der Waals surface area contributed by atoms with Crippen LogP contribution in [0.1, 0.15) is 44.1 Å². The predicted octanol–water partition coefficient (Wildman–Crippen LogP) is 5.69. The number of Topliss-reactive ketones (excluding diaryl/α,β-unsaturated/α-hetero) is 1. The number of thioether (sulfide) groups is 1. The summed E-state index contributed by atoms with van der Waals surface area (Å²) in [6.45, 7) is 5.73. The van der Waals surface area contributed by atoms with Crippen molar-refractivity contribution in [1.29, 1.82) is 0 Å². The van der Waals surface area contributed by atoms with Crippen molar-refractivity contribution in [3.63, 3.8) is 0 Å². The molecule has 4 rings (SSSR count). The number of thiophene rings is 1. The maximum Gasteiger partial charge on any atom is 0.267 e. The summed E-state index contributed by atoms with van der Waals surface area (Å²) in [5.74, 6) is 0.408. The molecule has 1 aromatic carbocycles. The molecular formula is C22H23ClN2O2S2. The molecule has 3 aromatic rings. The van der Waals surface area contributed by atoms with Crippen LogP contribution in [0.3, 0.4) is 0 Å². The van der Waals surface area contributed by atoms with E-state index in [1.54, 1.807) is 28.0 Å². The van der Waals surface area contributed by atoms with E-state index in [2.05, 4.69) is 0 Å². The van der Waals surface area contributed by atoms with Crippen LogP contribution in [-0.2, 0) is 17.6 Å². The van der Waals surface area contributed by atoms with Gasteiger partial charge >= 0.3 is 0 Å². The summed E-state index contributed by atoms with van der Waals surface area (Å²) < 4.78 is 1.64. The molecule has 0 unspecified atom stereocenters. The maximum atomic E-state index is 13.6. The average molecular weight is 447 g/mol. The zero-order valence-electron chi connectivity index (χ0n) is 16.8. The molecule has 0 atom stereocenters. The second-order valence-corrected chi connectivity index (χ2v) is 10.8. The van der Waals surface area contributed by atoms with Gasteiger partial charge in [0, 0.05) is 15.3 Å². The standard InChI is InChI=1S/C22H23ClN2O2S2/c1-22(2,3)17(26)12-28-21-24-19-18(15-6-4-5-7-16(15)29-19)20(27)25(21)14-10-8-13(23)9-11-14/h8-11H,4-7,12H2,1-3H3. The Labute approximate surface area is 183 Å². The van der Waals surface area contributed by atoms with E-state index in [1.165, 1.54) is 22.2 Å². The number of hydrogen-bond acceptors (Lipinski definition) is 5. The number of rotatable bonds is 4. The van der Waals surface area contributed by atoms with Crippen LogP contribution in [0.15, 0.2) is 34.2 Å². The Kier molecular flexibility index (Phi) is 5.62. The molecule has 7 heteroatoms. The molecule has 2 heterocycles. The first-order chi connectivity index (χ1) is 13.8. The lowest BCUT2D eigenvalue weighted by Gasteiger charge is -2.17. The normalized spacial score (nSPS) is 14.2. The van der Waals surface area contributed by atoms with E-state index in [1.807, 2.05) is 32.9 Å². The molecule has 1 aliphatic carbocycles. The molecule has 2 aromatic heterocycles.